The minimum Gasteiger partial charge on any atom is -0.446 e. The van der Waals surface area contributed by atoms with Gasteiger partial charge in [0.15, 0.2) is 0 Å². The van der Waals surface area contributed by atoms with E-state index in [9.17, 15) is 18.0 Å². The first-order chi connectivity index (χ1) is 9.61. The maximum absolute atomic E-state index is 13.1. The van der Waals surface area contributed by atoms with Gasteiger partial charge < -0.3 is 4.74 Å². The van der Waals surface area contributed by atoms with Crippen LogP contribution in [0.4, 0.5) is 18.0 Å². The van der Waals surface area contributed by atoms with Crippen LogP contribution in [0, 0.1) is 7.14 Å². The second-order valence-electron chi connectivity index (χ2n) is 4.46. The summed E-state index contributed by atoms with van der Waals surface area (Å²) in [4.78, 5) is 15.6. The second kappa shape index (κ2) is 5.89. The summed E-state index contributed by atoms with van der Waals surface area (Å²) in [6.07, 6.45) is -6.36. The molecular formula is C12H9F3I2N2O2. The molecule has 9 heteroatoms. The zero-order chi connectivity index (χ0) is 15.9. The molecule has 0 amide bonds. The predicted octanol–water partition coefficient (Wildman–Crippen LogP) is 4.66. The lowest BCUT2D eigenvalue weighted by molar-refractivity contribution is -0.146. The Balaban J connectivity index is 2.77. The fourth-order valence-corrected chi connectivity index (χ4v) is 3.67. The van der Waals surface area contributed by atoms with Gasteiger partial charge in [0.05, 0.1) is 11.6 Å². The lowest BCUT2D eigenvalue weighted by Gasteiger charge is -2.12. The van der Waals surface area contributed by atoms with Crippen LogP contribution >= 0.6 is 45.2 Å². The highest BCUT2D eigenvalue weighted by atomic mass is 127. The number of imidazole rings is 1. The number of nitrogens with zero attached hydrogens (tertiary/aromatic N) is 2. The van der Waals surface area contributed by atoms with Crippen LogP contribution in [-0.4, -0.2) is 21.7 Å². The molecule has 0 saturated carbocycles. The average Bonchev–Trinajstić information content (AvgIpc) is 2.66. The number of ether oxygens (including phenoxy) is 1. The predicted molar refractivity (Wildman–Crippen MR) is 87.2 cm³/mol. The molecule has 1 aromatic carbocycles. The van der Waals surface area contributed by atoms with Crippen molar-refractivity contribution >= 4 is 62.3 Å². The summed E-state index contributed by atoms with van der Waals surface area (Å²) in [6, 6.07) is 3.16. The van der Waals surface area contributed by atoms with Crippen molar-refractivity contribution in [1.82, 2.24) is 9.55 Å². The van der Waals surface area contributed by atoms with Gasteiger partial charge in [-0.05, 0) is 71.2 Å². The SMILES string of the molecule is CC(C)OC(=O)n1c(C(F)(F)F)nc2c(I)cc(I)cc21. The van der Waals surface area contributed by atoms with E-state index in [1.807, 2.05) is 45.2 Å². The molecule has 0 aliphatic carbocycles. The Labute approximate surface area is 145 Å². The zero-order valence-corrected chi connectivity index (χ0v) is 15.1. The first kappa shape index (κ1) is 16.8. The van der Waals surface area contributed by atoms with E-state index in [4.69, 9.17) is 4.74 Å². The molecule has 114 valence electrons. The van der Waals surface area contributed by atoms with Gasteiger partial charge in [0.25, 0.3) is 0 Å². The number of benzene rings is 1. The number of carbonyl (C=O) groups is 1. The third-order valence-electron chi connectivity index (χ3n) is 2.45. The summed E-state index contributed by atoms with van der Waals surface area (Å²) >= 11 is 3.86. The zero-order valence-electron chi connectivity index (χ0n) is 10.8. The van der Waals surface area contributed by atoms with Crippen LogP contribution in [0.5, 0.6) is 0 Å². The van der Waals surface area contributed by atoms with E-state index >= 15 is 0 Å². The minimum absolute atomic E-state index is 0.0873. The quantitative estimate of drug-likeness (QED) is 0.511. The molecule has 4 nitrogen and oxygen atoms in total. The Hall–Kier alpha value is -0.590. The fourth-order valence-electron chi connectivity index (χ4n) is 1.73. The normalized spacial score (nSPS) is 12.2. The number of aromatic nitrogens is 2. The van der Waals surface area contributed by atoms with E-state index in [1.165, 1.54) is 6.07 Å². The van der Waals surface area contributed by atoms with Gasteiger partial charge in [-0.25, -0.2) is 14.3 Å². The molecule has 1 aromatic heterocycles. The fraction of sp³-hybridized carbons (Fsp3) is 0.333. The summed E-state index contributed by atoms with van der Waals surface area (Å²) in [6.45, 7) is 3.13. The van der Waals surface area contributed by atoms with E-state index in [1.54, 1.807) is 19.9 Å². The van der Waals surface area contributed by atoms with Crippen molar-refractivity contribution < 1.29 is 22.7 Å². The van der Waals surface area contributed by atoms with Crippen LogP contribution in [0.15, 0.2) is 12.1 Å². The molecule has 0 bridgehead atoms. The highest BCUT2D eigenvalue weighted by molar-refractivity contribution is 14.1. The molecule has 21 heavy (non-hydrogen) atoms. The average molecular weight is 524 g/mol. The van der Waals surface area contributed by atoms with Crippen molar-refractivity contribution in [3.8, 4) is 0 Å². The molecule has 0 fully saturated rings. The highest BCUT2D eigenvalue weighted by Crippen LogP contribution is 2.33. The molecule has 2 aromatic rings. The first-order valence-electron chi connectivity index (χ1n) is 5.77. The van der Waals surface area contributed by atoms with Gasteiger partial charge in [0.1, 0.15) is 5.52 Å². The van der Waals surface area contributed by atoms with Crippen molar-refractivity contribution in [2.24, 2.45) is 0 Å². The third-order valence-corrected chi connectivity index (χ3v) is 3.90. The molecule has 2 rings (SSSR count). The number of halogens is 5. The van der Waals surface area contributed by atoms with Gasteiger partial charge in [-0.2, -0.15) is 13.2 Å². The molecule has 0 unspecified atom stereocenters. The largest absolute Gasteiger partial charge is 0.450 e. The second-order valence-corrected chi connectivity index (χ2v) is 6.86. The van der Waals surface area contributed by atoms with Crippen molar-refractivity contribution in [3.05, 3.63) is 25.1 Å². The number of hydrogen-bond donors (Lipinski definition) is 0. The molecular weight excluding hydrogens is 515 g/mol. The van der Waals surface area contributed by atoms with E-state index in [0.717, 1.165) is 0 Å². The van der Waals surface area contributed by atoms with Gasteiger partial charge in [0.2, 0.25) is 5.82 Å². The standard InChI is InChI=1S/C12H9F3I2N2O2/c1-5(2)21-11(20)19-8-4-6(16)3-7(17)9(8)18-10(19)12(13,14)15/h3-5H,1-2H3. The topological polar surface area (TPSA) is 44.1 Å². The number of rotatable bonds is 1. The molecule has 0 aliphatic heterocycles. The van der Waals surface area contributed by atoms with Crippen LogP contribution in [-0.2, 0) is 10.9 Å². The van der Waals surface area contributed by atoms with E-state index in [0.29, 0.717) is 11.7 Å². The van der Waals surface area contributed by atoms with E-state index in [-0.39, 0.29) is 11.0 Å². The monoisotopic (exact) mass is 524 g/mol. The van der Waals surface area contributed by atoms with Gasteiger partial charge in [-0.1, -0.05) is 0 Å². The summed E-state index contributed by atoms with van der Waals surface area (Å²) in [5.41, 5.74) is 0.216. The van der Waals surface area contributed by atoms with Crippen LogP contribution in [0.2, 0.25) is 0 Å². The number of hydrogen-bond acceptors (Lipinski definition) is 3. The van der Waals surface area contributed by atoms with Gasteiger partial charge in [0, 0.05) is 7.14 Å². The number of carbonyl (C=O) groups excluding carboxylic acids is 1. The van der Waals surface area contributed by atoms with Crippen molar-refractivity contribution in [1.29, 1.82) is 0 Å². The minimum atomic E-state index is -4.75. The Morgan fingerprint density at radius 1 is 1.33 bits per heavy atom. The molecule has 0 aliphatic rings. The first-order valence-corrected chi connectivity index (χ1v) is 7.92. The van der Waals surface area contributed by atoms with Gasteiger partial charge in [-0.15, -0.1) is 0 Å². The van der Waals surface area contributed by atoms with Crippen LogP contribution in [0.1, 0.15) is 19.7 Å². The summed E-state index contributed by atoms with van der Waals surface area (Å²) in [7, 11) is 0. The maximum Gasteiger partial charge on any atom is 0.450 e. The van der Waals surface area contributed by atoms with Crippen LogP contribution < -0.4 is 0 Å². The summed E-state index contributed by atoms with van der Waals surface area (Å²) in [5, 5.41) is 0. The Morgan fingerprint density at radius 3 is 2.48 bits per heavy atom. The van der Waals surface area contributed by atoms with Crippen LogP contribution in [0.3, 0.4) is 0 Å². The van der Waals surface area contributed by atoms with E-state index in [2.05, 4.69) is 4.98 Å². The van der Waals surface area contributed by atoms with Crippen LogP contribution in [0.25, 0.3) is 11.0 Å². The molecule has 0 saturated heterocycles. The third kappa shape index (κ3) is 3.43. The molecule has 0 radical (unpaired) electrons. The number of fused-ring (bicyclic) bond motifs is 1. The Bertz CT molecular complexity index is 711. The Morgan fingerprint density at radius 2 is 1.95 bits per heavy atom. The van der Waals surface area contributed by atoms with Gasteiger partial charge in [-0.3, -0.25) is 0 Å². The van der Waals surface area contributed by atoms with Crippen molar-refractivity contribution in [3.63, 3.8) is 0 Å². The summed E-state index contributed by atoms with van der Waals surface area (Å²) < 4.78 is 46.0. The molecule has 0 atom stereocenters. The molecule has 1 heterocycles. The molecule has 0 N–H and O–H groups in total. The van der Waals surface area contributed by atoms with E-state index < -0.39 is 24.2 Å². The maximum atomic E-state index is 13.1. The van der Waals surface area contributed by atoms with Crippen molar-refractivity contribution in [2.75, 3.05) is 0 Å². The Kier molecular flexibility index (Phi) is 4.71. The smallest absolute Gasteiger partial charge is 0.446 e. The number of alkyl halides is 3. The molecule has 0 spiro atoms. The summed E-state index contributed by atoms with van der Waals surface area (Å²) in [5.74, 6) is -1.27. The lowest BCUT2D eigenvalue weighted by atomic mass is 10.3. The van der Waals surface area contributed by atoms with Gasteiger partial charge >= 0.3 is 12.3 Å². The highest BCUT2D eigenvalue weighted by Gasteiger charge is 2.40. The van der Waals surface area contributed by atoms with Crippen molar-refractivity contribution in [2.45, 2.75) is 26.1 Å². The lowest BCUT2D eigenvalue weighted by Crippen LogP contribution is -2.24.